The number of hydrogen-bond donors (Lipinski definition) is 0. The maximum Gasteiger partial charge on any atom is 0.267 e. The van der Waals surface area contributed by atoms with E-state index in [1.165, 1.54) is 11.3 Å². The molecule has 0 atom stereocenters. The van der Waals surface area contributed by atoms with Crippen molar-refractivity contribution in [3.8, 4) is 5.75 Å². The Balaban J connectivity index is 2.09. The number of methoxy groups -OCH3 is 1. The monoisotopic (exact) mass is 295 g/mol. The number of hydrogen-bond acceptors (Lipinski definition) is 3. The molecule has 3 rings (SSSR count). The van der Waals surface area contributed by atoms with Crippen LogP contribution in [0.2, 0.25) is 5.02 Å². The molecule has 1 amide bonds. The highest BCUT2D eigenvalue weighted by atomic mass is 35.5. The van der Waals surface area contributed by atoms with Crippen LogP contribution in [0.15, 0.2) is 18.2 Å². The van der Waals surface area contributed by atoms with E-state index in [1.807, 2.05) is 23.1 Å². The molecule has 0 saturated carbocycles. The van der Waals surface area contributed by atoms with Crippen LogP contribution in [0.4, 0.5) is 0 Å². The summed E-state index contributed by atoms with van der Waals surface area (Å²) >= 11 is 7.46. The van der Waals surface area contributed by atoms with Gasteiger partial charge in [0.05, 0.1) is 7.11 Å². The van der Waals surface area contributed by atoms with E-state index in [2.05, 4.69) is 0 Å². The third-order valence-electron chi connectivity index (χ3n) is 3.40. The van der Waals surface area contributed by atoms with Gasteiger partial charge in [-0.05, 0) is 31.0 Å². The van der Waals surface area contributed by atoms with Crippen molar-refractivity contribution in [3.63, 3.8) is 0 Å². The summed E-state index contributed by atoms with van der Waals surface area (Å²) in [5.74, 6) is 0.750. The average molecular weight is 296 g/mol. The van der Waals surface area contributed by atoms with E-state index in [0.29, 0.717) is 15.6 Å². The van der Waals surface area contributed by atoms with Gasteiger partial charge in [-0.25, -0.2) is 0 Å². The second-order valence-corrected chi connectivity index (χ2v) is 6.09. The van der Waals surface area contributed by atoms with Crippen molar-refractivity contribution in [2.45, 2.75) is 12.8 Å². The highest BCUT2D eigenvalue weighted by Crippen LogP contribution is 2.39. The van der Waals surface area contributed by atoms with E-state index >= 15 is 0 Å². The van der Waals surface area contributed by atoms with Gasteiger partial charge in [0.15, 0.2) is 0 Å². The SMILES string of the molecule is COc1c(C(=O)N2CCCC2)sc2cc(Cl)ccc12. The van der Waals surface area contributed by atoms with Gasteiger partial charge in [-0.3, -0.25) is 4.79 Å². The summed E-state index contributed by atoms with van der Waals surface area (Å²) in [5, 5.41) is 1.64. The topological polar surface area (TPSA) is 29.5 Å². The third kappa shape index (κ3) is 2.19. The number of fused-ring (bicyclic) bond motifs is 1. The molecular weight excluding hydrogens is 282 g/mol. The Hall–Kier alpha value is -1.26. The van der Waals surface area contributed by atoms with Crippen LogP contribution in [0.5, 0.6) is 5.75 Å². The maximum atomic E-state index is 12.5. The molecule has 2 aromatic rings. The van der Waals surface area contributed by atoms with Crippen LogP contribution in [-0.2, 0) is 0 Å². The summed E-state index contributed by atoms with van der Waals surface area (Å²) in [6, 6.07) is 5.61. The minimum atomic E-state index is 0.0756. The molecule has 19 heavy (non-hydrogen) atoms. The van der Waals surface area contributed by atoms with Gasteiger partial charge in [-0.2, -0.15) is 0 Å². The van der Waals surface area contributed by atoms with Crippen molar-refractivity contribution in [2.75, 3.05) is 20.2 Å². The van der Waals surface area contributed by atoms with Crippen LogP contribution in [0.3, 0.4) is 0 Å². The van der Waals surface area contributed by atoms with Crippen molar-refractivity contribution >= 4 is 38.9 Å². The summed E-state index contributed by atoms with van der Waals surface area (Å²) in [6.07, 6.45) is 2.18. The molecule has 0 radical (unpaired) electrons. The number of halogens is 1. The first kappa shape index (κ1) is 12.8. The summed E-state index contributed by atoms with van der Waals surface area (Å²) < 4.78 is 6.43. The molecule has 5 heteroatoms. The molecular formula is C14H14ClNO2S. The van der Waals surface area contributed by atoms with Crippen LogP contribution < -0.4 is 4.74 Å². The summed E-state index contributed by atoms with van der Waals surface area (Å²) in [5.41, 5.74) is 0. The normalized spacial score (nSPS) is 15.2. The molecule has 2 heterocycles. The molecule has 0 spiro atoms. The Kier molecular flexibility index (Phi) is 3.37. The predicted octanol–water partition coefficient (Wildman–Crippen LogP) is 3.80. The standard InChI is InChI=1S/C14H14ClNO2S/c1-18-12-10-5-4-9(15)8-11(10)19-13(12)14(17)16-6-2-3-7-16/h4-5,8H,2-3,6-7H2,1H3. The lowest BCUT2D eigenvalue weighted by molar-refractivity contribution is 0.0795. The van der Waals surface area contributed by atoms with Gasteiger partial charge in [0.1, 0.15) is 10.6 Å². The van der Waals surface area contributed by atoms with E-state index in [-0.39, 0.29) is 5.91 Å². The molecule has 0 aliphatic carbocycles. The molecule has 0 bridgehead atoms. The minimum Gasteiger partial charge on any atom is -0.494 e. The number of nitrogens with zero attached hydrogens (tertiary/aromatic N) is 1. The zero-order valence-corrected chi connectivity index (χ0v) is 12.2. The number of carbonyl (C=O) groups excluding carboxylic acids is 1. The van der Waals surface area contributed by atoms with Crippen LogP contribution in [-0.4, -0.2) is 31.0 Å². The number of amides is 1. The van der Waals surface area contributed by atoms with Gasteiger partial charge in [-0.15, -0.1) is 11.3 Å². The summed E-state index contributed by atoms with van der Waals surface area (Å²) in [6.45, 7) is 1.69. The number of carbonyl (C=O) groups is 1. The molecule has 0 N–H and O–H groups in total. The molecule has 1 fully saturated rings. The minimum absolute atomic E-state index is 0.0756. The third-order valence-corrected chi connectivity index (χ3v) is 4.76. The fourth-order valence-electron chi connectivity index (χ4n) is 2.45. The smallest absolute Gasteiger partial charge is 0.267 e. The van der Waals surface area contributed by atoms with Gasteiger partial charge in [-0.1, -0.05) is 11.6 Å². The lowest BCUT2D eigenvalue weighted by Crippen LogP contribution is -2.27. The molecule has 1 aromatic carbocycles. The number of ether oxygens (including phenoxy) is 1. The zero-order valence-electron chi connectivity index (χ0n) is 10.6. The fraction of sp³-hybridized carbons (Fsp3) is 0.357. The van der Waals surface area contributed by atoms with Crippen molar-refractivity contribution in [2.24, 2.45) is 0 Å². The molecule has 1 aromatic heterocycles. The first-order valence-corrected chi connectivity index (χ1v) is 7.45. The van der Waals surface area contributed by atoms with Crippen LogP contribution in [0.1, 0.15) is 22.5 Å². The quantitative estimate of drug-likeness (QED) is 0.843. The Morgan fingerprint density at radius 2 is 2.11 bits per heavy atom. The molecule has 0 unspecified atom stereocenters. The van der Waals surface area contributed by atoms with Gasteiger partial charge in [0, 0.05) is 28.2 Å². The Bertz CT molecular complexity index is 632. The molecule has 1 aliphatic rings. The van der Waals surface area contributed by atoms with Gasteiger partial charge in [0.2, 0.25) is 0 Å². The first-order chi connectivity index (χ1) is 9.20. The van der Waals surface area contributed by atoms with Crippen molar-refractivity contribution < 1.29 is 9.53 Å². The number of likely N-dealkylation sites (tertiary alicyclic amines) is 1. The van der Waals surface area contributed by atoms with Crippen molar-refractivity contribution in [1.29, 1.82) is 0 Å². The molecule has 1 aliphatic heterocycles. The van der Waals surface area contributed by atoms with Gasteiger partial charge < -0.3 is 9.64 Å². The second-order valence-electron chi connectivity index (χ2n) is 4.60. The maximum absolute atomic E-state index is 12.5. The summed E-state index contributed by atoms with van der Waals surface area (Å²) in [7, 11) is 1.61. The van der Waals surface area contributed by atoms with Crippen LogP contribution >= 0.6 is 22.9 Å². The van der Waals surface area contributed by atoms with E-state index in [0.717, 1.165) is 36.0 Å². The van der Waals surface area contributed by atoms with Crippen molar-refractivity contribution in [1.82, 2.24) is 4.90 Å². The number of thiophene rings is 1. The molecule has 3 nitrogen and oxygen atoms in total. The predicted molar refractivity (Wildman–Crippen MR) is 78.5 cm³/mol. The van der Waals surface area contributed by atoms with Crippen LogP contribution in [0, 0.1) is 0 Å². The van der Waals surface area contributed by atoms with E-state index in [4.69, 9.17) is 16.3 Å². The zero-order chi connectivity index (χ0) is 13.4. The summed E-state index contributed by atoms with van der Waals surface area (Å²) in [4.78, 5) is 15.1. The highest BCUT2D eigenvalue weighted by Gasteiger charge is 2.25. The number of rotatable bonds is 2. The lowest BCUT2D eigenvalue weighted by atomic mass is 10.2. The van der Waals surface area contributed by atoms with Crippen LogP contribution in [0.25, 0.3) is 10.1 Å². The Morgan fingerprint density at radius 3 is 2.79 bits per heavy atom. The average Bonchev–Trinajstić information content (AvgIpc) is 3.04. The van der Waals surface area contributed by atoms with E-state index < -0.39 is 0 Å². The Morgan fingerprint density at radius 1 is 1.37 bits per heavy atom. The largest absolute Gasteiger partial charge is 0.494 e. The Labute approximate surface area is 120 Å². The van der Waals surface area contributed by atoms with E-state index in [9.17, 15) is 4.79 Å². The van der Waals surface area contributed by atoms with E-state index in [1.54, 1.807) is 7.11 Å². The lowest BCUT2D eigenvalue weighted by Gasteiger charge is -2.14. The highest BCUT2D eigenvalue weighted by molar-refractivity contribution is 7.21. The van der Waals surface area contributed by atoms with Crippen molar-refractivity contribution in [3.05, 3.63) is 28.1 Å². The molecule has 1 saturated heterocycles. The van der Waals surface area contributed by atoms with Gasteiger partial charge >= 0.3 is 0 Å². The second kappa shape index (κ2) is 5.02. The first-order valence-electron chi connectivity index (χ1n) is 6.26. The fourth-order valence-corrected chi connectivity index (χ4v) is 3.87. The number of benzene rings is 1. The van der Waals surface area contributed by atoms with Gasteiger partial charge in [0.25, 0.3) is 5.91 Å². The molecule has 100 valence electrons.